The summed E-state index contributed by atoms with van der Waals surface area (Å²) in [5.74, 6) is 1.47. The Balaban J connectivity index is 2.41. The van der Waals surface area contributed by atoms with Crippen molar-refractivity contribution in [1.82, 2.24) is 0 Å². The van der Waals surface area contributed by atoms with Crippen LogP contribution in [-0.4, -0.2) is 6.29 Å². The SMILES string of the molecule is CC1CC2=C(C(C(C)C=O)C1)C(C)(C)CCC2. The quantitative estimate of drug-likeness (QED) is 0.512. The first-order valence-electron chi connectivity index (χ1n) is 7.13. The van der Waals surface area contributed by atoms with Gasteiger partial charge in [0.2, 0.25) is 0 Å². The number of aldehydes is 1. The van der Waals surface area contributed by atoms with E-state index in [0.717, 1.165) is 12.2 Å². The van der Waals surface area contributed by atoms with E-state index in [1.807, 2.05) is 0 Å². The lowest BCUT2D eigenvalue weighted by Gasteiger charge is -2.45. The summed E-state index contributed by atoms with van der Waals surface area (Å²) in [6.07, 6.45) is 7.56. The number of rotatable bonds is 2. The van der Waals surface area contributed by atoms with E-state index in [2.05, 4.69) is 27.7 Å². The summed E-state index contributed by atoms with van der Waals surface area (Å²) in [4.78, 5) is 11.2. The third kappa shape index (κ3) is 2.34. The number of hydrogen-bond acceptors (Lipinski definition) is 1. The second-order valence-electron chi connectivity index (χ2n) is 6.90. The summed E-state index contributed by atoms with van der Waals surface area (Å²) in [6, 6.07) is 0. The van der Waals surface area contributed by atoms with E-state index >= 15 is 0 Å². The van der Waals surface area contributed by atoms with Crippen LogP contribution in [0.15, 0.2) is 11.1 Å². The van der Waals surface area contributed by atoms with Crippen LogP contribution in [0.5, 0.6) is 0 Å². The fraction of sp³-hybridized carbons (Fsp3) is 0.812. The summed E-state index contributed by atoms with van der Waals surface area (Å²) in [5, 5.41) is 0. The minimum atomic E-state index is 0.195. The van der Waals surface area contributed by atoms with Gasteiger partial charge < -0.3 is 4.79 Å². The van der Waals surface area contributed by atoms with Crippen molar-refractivity contribution < 1.29 is 4.79 Å². The normalized spacial score (nSPS) is 34.1. The van der Waals surface area contributed by atoms with Gasteiger partial charge in [-0.15, -0.1) is 0 Å². The van der Waals surface area contributed by atoms with E-state index in [4.69, 9.17) is 0 Å². The highest BCUT2D eigenvalue weighted by atomic mass is 16.1. The molecule has 17 heavy (non-hydrogen) atoms. The molecule has 0 bridgehead atoms. The van der Waals surface area contributed by atoms with Crippen molar-refractivity contribution in [2.45, 2.75) is 59.8 Å². The van der Waals surface area contributed by atoms with E-state index < -0.39 is 0 Å². The van der Waals surface area contributed by atoms with Gasteiger partial charge >= 0.3 is 0 Å². The Bertz CT molecular complexity index is 337. The third-order valence-electron chi connectivity index (χ3n) is 4.86. The molecular formula is C16H26O. The minimum Gasteiger partial charge on any atom is -0.303 e. The van der Waals surface area contributed by atoms with Gasteiger partial charge in [-0.25, -0.2) is 0 Å². The van der Waals surface area contributed by atoms with Crippen molar-refractivity contribution in [3.8, 4) is 0 Å². The molecule has 0 saturated heterocycles. The lowest BCUT2D eigenvalue weighted by atomic mass is 9.60. The fourth-order valence-electron chi connectivity index (χ4n) is 4.10. The van der Waals surface area contributed by atoms with E-state index in [1.54, 1.807) is 11.1 Å². The van der Waals surface area contributed by atoms with Crippen LogP contribution in [0, 0.1) is 23.2 Å². The Morgan fingerprint density at radius 1 is 1.41 bits per heavy atom. The molecule has 0 N–H and O–H groups in total. The molecule has 0 radical (unpaired) electrons. The molecule has 0 spiro atoms. The molecule has 2 rings (SSSR count). The molecule has 3 unspecified atom stereocenters. The largest absolute Gasteiger partial charge is 0.303 e. The van der Waals surface area contributed by atoms with E-state index in [0.29, 0.717) is 11.3 Å². The maximum atomic E-state index is 11.2. The third-order valence-corrected chi connectivity index (χ3v) is 4.86. The monoisotopic (exact) mass is 234 g/mol. The Kier molecular flexibility index (Phi) is 3.47. The van der Waals surface area contributed by atoms with Crippen molar-refractivity contribution in [3.05, 3.63) is 11.1 Å². The average Bonchev–Trinajstić information content (AvgIpc) is 2.25. The highest BCUT2D eigenvalue weighted by Crippen LogP contribution is 2.51. The molecule has 2 aliphatic rings. The Hall–Kier alpha value is -0.590. The van der Waals surface area contributed by atoms with Crippen LogP contribution in [0.3, 0.4) is 0 Å². The molecule has 0 saturated carbocycles. The summed E-state index contributed by atoms with van der Waals surface area (Å²) < 4.78 is 0. The summed E-state index contributed by atoms with van der Waals surface area (Å²) in [5.41, 5.74) is 3.68. The predicted octanol–water partition coefficient (Wildman–Crippen LogP) is 4.37. The van der Waals surface area contributed by atoms with Gasteiger partial charge in [-0.05, 0) is 49.4 Å². The zero-order valence-corrected chi connectivity index (χ0v) is 11.8. The highest BCUT2D eigenvalue weighted by Gasteiger charge is 2.39. The molecule has 0 aromatic carbocycles. The molecule has 3 atom stereocenters. The molecule has 1 heteroatoms. The Morgan fingerprint density at radius 2 is 2.12 bits per heavy atom. The van der Waals surface area contributed by atoms with Crippen molar-refractivity contribution in [2.75, 3.05) is 0 Å². The lowest BCUT2D eigenvalue weighted by molar-refractivity contribution is -0.112. The number of carbonyl (C=O) groups is 1. The van der Waals surface area contributed by atoms with Crippen molar-refractivity contribution in [2.24, 2.45) is 23.2 Å². The minimum absolute atomic E-state index is 0.195. The molecule has 0 fully saturated rings. The van der Waals surface area contributed by atoms with Gasteiger partial charge in [-0.2, -0.15) is 0 Å². The highest BCUT2D eigenvalue weighted by molar-refractivity contribution is 5.55. The van der Waals surface area contributed by atoms with Crippen LogP contribution in [-0.2, 0) is 4.79 Å². The van der Waals surface area contributed by atoms with Gasteiger partial charge in [0.25, 0.3) is 0 Å². The maximum absolute atomic E-state index is 11.2. The van der Waals surface area contributed by atoms with Crippen LogP contribution >= 0.6 is 0 Å². The lowest BCUT2D eigenvalue weighted by Crippen LogP contribution is -2.34. The molecule has 0 amide bonds. The van der Waals surface area contributed by atoms with E-state index in [9.17, 15) is 4.79 Å². The second-order valence-corrected chi connectivity index (χ2v) is 6.90. The average molecular weight is 234 g/mol. The van der Waals surface area contributed by atoms with Crippen LogP contribution in [0.1, 0.15) is 59.8 Å². The molecule has 0 aromatic heterocycles. The summed E-state index contributed by atoms with van der Waals surface area (Å²) in [6.45, 7) is 9.20. The zero-order chi connectivity index (χ0) is 12.6. The van der Waals surface area contributed by atoms with Gasteiger partial charge in [0, 0.05) is 5.92 Å². The van der Waals surface area contributed by atoms with Crippen LogP contribution in [0.25, 0.3) is 0 Å². The summed E-state index contributed by atoms with van der Waals surface area (Å²) >= 11 is 0. The van der Waals surface area contributed by atoms with Crippen LogP contribution < -0.4 is 0 Å². The number of carbonyl (C=O) groups excluding carboxylic acids is 1. The van der Waals surface area contributed by atoms with Crippen LogP contribution in [0.2, 0.25) is 0 Å². The first kappa shape index (κ1) is 12.9. The maximum Gasteiger partial charge on any atom is 0.123 e. The Morgan fingerprint density at radius 3 is 2.76 bits per heavy atom. The molecule has 96 valence electrons. The van der Waals surface area contributed by atoms with Gasteiger partial charge in [0.15, 0.2) is 0 Å². The predicted molar refractivity (Wildman–Crippen MR) is 71.8 cm³/mol. The van der Waals surface area contributed by atoms with Gasteiger partial charge in [-0.1, -0.05) is 38.8 Å². The Labute approximate surface area is 106 Å². The van der Waals surface area contributed by atoms with Gasteiger partial charge in [-0.3, -0.25) is 0 Å². The standard InChI is InChI=1S/C16H26O/c1-11-8-13-6-5-7-16(3,4)15(13)14(9-11)12(2)10-17/h10-12,14H,5-9H2,1-4H3. The topological polar surface area (TPSA) is 17.1 Å². The van der Waals surface area contributed by atoms with Gasteiger partial charge in [0.1, 0.15) is 6.29 Å². The smallest absolute Gasteiger partial charge is 0.123 e. The molecule has 0 aromatic rings. The molecule has 1 nitrogen and oxygen atoms in total. The first-order valence-corrected chi connectivity index (χ1v) is 7.13. The second kappa shape index (κ2) is 4.59. The molecule has 0 aliphatic heterocycles. The fourth-order valence-corrected chi connectivity index (χ4v) is 4.10. The molecule has 2 aliphatic carbocycles. The van der Waals surface area contributed by atoms with Gasteiger partial charge in [0.05, 0.1) is 0 Å². The van der Waals surface area contributed by atoms with Crippen molar-refractivity contribution in [3.63, 3.8) is 0 Å². The van der Waals surface area contributed by atoms with Crippen molar-refractivity contribution >= 4 is 6.29 Å². The number of allylic oxidation sites excluding steroid dienone is 2. The molecular weight excluding hydrogens is 208 g/mol. The van der Waals surface area contributed by atoms with E-state index in [-0.39, 0.29) is 5.92 Å². The van der Waals surface area contributed by atoms with Crippen molar-refractivity contribution in [1.29, 1.82) is 0 Å². The zero-order valence-electron chi connectivity index (χ0n) is 11.8. The number of hydrogen-bond donors (Lipinski definition) is 0. The van der Waals surface area contributed by atoms with Crippen LogP contribution in [0.4, 0.5) is 0 Å². The summed E-state index contributed by atoms with van der Waals surface area (Å²) in [7, 11) is 0. The molecule has 0 heterocycles. The first-order chi connectivity index (χ1) is 7.95. The van der Waals surface area contributed by atoms with E-state index in [1.165, 1.54) is 32.1 Å².